The third kappa shape index (κ3) is 3.39. The van der Waals surface area contributed by atoms with Crippen molar-refractivity contribution in [3.63, 3.8) is 0 Å². The Morgan fingerprint density at radius 3 is 2.18 bits per heavy atom. The maximum atomic E-state index is 13.2. The van der Waals surface area contributed by atoms with E-state index < -0.39 is 0 Å². The van der Waals surface area contributed by atoms with Crippen LogP contribution in [0.2, 0.25) is 0 Å². The zero-order valence-corrected chi connectivity index (χ0v) is 17.0. The van der Waals surface area contributed by atoms with Crippen molar-refractivity contribution in [1.29, 1.82) is 0 Å². The summed E-state index contributed by atoms with van der Waals surface area (Å²) in [6.45, 7) is 6.11. The van der Waals surface area contributed by atoms with Gasteiger partial charge in [-0.3, -0.25) is 4.79 Å². The first-order valence-electron chi connectivity index (χ1n) is 9.24. The highest BCUT2D eigenvalue weighted by atomic mass is 32.1. The first kappa shape index (κ1) is 18.3. The highest BCUT2D eigenvalue weighted by Gasteiger charge is 2.21. The minimum Gasteiger partial charge on any atom is -0.322 e. The number of carbonyl (C=O) groups is 1. The number of thiophene rings is 1. The summed E-state index contributed by atoms with van der Waals surface area (Å²) in [7, 11) is 0. The largest absolute Gasteiger partial charge is 0.322 e. The summed E-state index contributed by atoms with van der Waals surface area (Å²) >= 11 is 1.48. The van der Waals surface area contributed by atoms with Crippen LogP contribution in [-0.4, -0.2) is 10.5 Å². The van der Waals surface area contributed by atoms with E-state index >= 15 is 0 Å². The van der Waals surface area contributed by atoms with E-state index in [1.807, 2.05) is 61.1 Å². The molecule has 0 aliphatic heterocycles. The maximum absolute atomic E-state index is 13.2. The number of benzene rings is 2. The highest BCUT2D eigenvalue weighted by molar-refractivity contribution is 7.13. The fraction of sp³-hybridized carbons (Fsp3) is 0.125. The molecule has 3 nitrogen and oxygen atoms in total. The molecule has 0 saturated carbocycles. The molecule has 4 heteroatoms. The molecule has 2 heterocycles. The average molecular weight is 387 g/mol. The molecule has 2 aromatic carbocycles. The summed E-state index contributed by atoms with van der Waals surface area (Å²) < 4.78 is 2.02. The van der Waals surface area contributed by atoms with Crippen LogP contribution in [0, 0.1) is 20.8 Å². The second kappa shape index (κ2) is 7.49. The van der Waals surface area contributed by atoms with Crippen LogP contribution in [0.25, 0.3) is 16.8 Å². The summed E-state index contributed by atoms with van der Waals surface area (Å²) in [6.07, 6.45) is 3.96. The molecule has 1 N–H and O–H groups in total. The number of rotatable bonds is 4. The quantitative estimate of drug-likeness (QED) is 0.434. The fourth-order valence-electron chi connectivity index (χ4n) is 3.37. The van der Waals surface area contributed by atoms with Crippen molar-refractivity contribution >= 4 is 22.9 Å². The van der Waals surface area contributed by atoms with Crippen molar-refractivity contribution < 1.29 is 4.79 Å². The molecule has 140 valence electrons. The number of anilines is 1. The van der Waals surface area contributed by atoms with E-state index in [-0.39, 0.29) is 5.91 Å². The van der Waals surface area contributed by atoms with Crippen molar-refractivity contribution in [2.24, 2.45) is 0 Å². The number of aromatic nitrogens is 1. The Morgan fingerprint density at radius 2 is 1.54 bits per heavy atom. The number of aryl methyl sites for hydroxylation is 3. The first-order valence-corrected chi connectivity index (χ1v) is 10.1. The van der Waals surface area contributed by atoms with Crippen molar-refractivity contribution in [1.82, 2.24) is 4.57 Å². The van der Waals surface area contributed by atoms with Gasteiger partial charge in [0.2, 0.25) is 0 Å². The van der Waals surface area contributed by atoms with Gasteiger partial charge in [0.1, 0.15) is 4.88 Å². The molecule has 2 aromatic heterocycles. The Labute approximate surface area is 169 Å². The summed E-state index contributed by atoms with van der Waals surface area (Å²) in [6, 6.07) is 18.4. The Morgan fingerprint density at radius 1 is 0.893 bits per heavy atom. The molecule has 0 aliphatic carbocycles. The van der Waals surface area contributed by atoms with Gasteiger partial charge in [-0.2, -0.15) is 0 Å². The molecule has 0 unspecified atom stereocenters. The summed E-state index contributed by atoms with van der Waals surface area (Å²) in [4.78, 5) is 13.9. The predicted octanol–water partition coefficient (Wildman–Crippen LogP) is 6.38. The smallest absolute Gasteiger partial charge is 0.267 e. The van der Waals surface area contributed by atoms with Gasteiger partial charge in [0.05, 0.1) is 5.69 Å². The van der Waals surface area contributed by atoms with E-state index in [1.54, 1.807) is 0 Å². The lowest BCUT2D eigenvalue weighted by Crippen LogP contribution is -2.14. The Bertz CT molecular complexity index is 1100. The molecule has 0 bridgehead atoms. The molecule has 28 heavy (non-hydrogen) atoms. The van der Waals surface area contributed by atoms with Gasteiger partial charge in [0, 0.05) is 29.0 Å². The number of carbonyl (C=O) groups excluding carboxylic acids is 1. The van der Waals surface area contributed by atoms with E-state index in [0.717, 1.165) is 33.6 Å². The SMILES string of the molecule is Cc1ccc(-c2csc(C(=O)Nc3c(C)cccc3C)c2-n2cccc2)cc1. The van der Waals surface area contributed by atoms with Crippen LogP contribution < -0.4 is 5.32 Å². The van der Waals surface area contributed by atoms with E-state index in [1.165, 1.54) is 16.9 Å². The van der Waals surface area contributed by atoms with Gasteiger partial charge >= 0.3 is 0 Å². The average Bonchev–Trinajstić information content (AvgIpc) is 3.34. The van der Waals surface area contributed by atoms with Crippen LogP contribution >= 0.6 is 11.3 Å². The summed E-state index contributed by atoms with van der Waals surface area (Å²) in [5, 5.41) is 5.20. The third-order valence-corrected chi connectivity index (χ3v) is 5.88. The van der Waals surface area contributed by atoms with Gasteiger partial charge in [0.15, 0.2) is 0 Å². The molecule has 0 saturated heterocycles. The van der Waals surface area contributed by atoms with E-state index in [9.17, 15) is 4.79 Å². The summed E-state index contributed by atoms with van der Waals surface area (Å²) in [5.41, 5.74) is 7.32. The van der Waals surface area contributed by atoms with Gasteiger partial charge in [-0.1, -0.05) is 48.0 Å². The second-order valence-corrected chi connectivity index (χ2v) is 7.88. The van der Waals surface area contributed by atoms with E-state index in [0.29, 0.717) is 4.88 Å². The molecule has 4 aromatic rings. The molecule has 0 fully saturated rings. The first-order chi connectivity index (χ1) is 13.5. The maximum Gasteiger partial charge on any atom is 0.267 e. The third-order valence-electron chi connectivity index (χ3n) is 4.92. The van der Waals surface area contributed by atoms with Gasteiger partial charge < -0.3 is 9.88 Å². The number of hydrogen-bond donors (Lipinski definition) is 1. The zero-order chi connectivity index (χ0) is 19.7. The number of nitrogens with zero attached hydrogens (tertiary/aromatic N) is 1. The Kier molecular flexibility index (Phi) is 4.88. The number of amides is 1. The van der Waals surface area contributed by atoms with Gasteiger partial charge in [-0.15, -0.1) is 11.3 Å². The zero-order valence-electron chi connectivity index (χ0n) is 16.2. The lowest BCUT2D eigenvalue weighted by molar-refractivity contribution is 0.103. The van der Waals surface area contributed by atoms with Crippen LogP contribution in [0.3, 0.4) is 0 Å². The number of hydrogen-bond acceptors (Lipinski definition) is 2. The molecule has 0 spiro atoms. The second-order valence-electron chi connectivity index (χ2n) is 7.00. The van der Waals surface area contributed by atoms with E-state index in [4.69, 9.17) is 0 Å². The van der Waals surface area contributed by atoms with Crippen molar-refractivity contribution in [3.05, 3.63) is 93.9 Å². The summed E-state index contributed by atoms with van der Waals surface area (Å²) in [5.74, 6) is -0.0792. The monoisotopic (exact) mass is 386 g/mol. The predicted molar refractivity (Wildman–Crippen MR) is 118 cm³/mol. The molecule has 4 rings (SSSR count). The fourth-order valence-corrected chi connectivity index (χ4v) is 4.34. The normalized spacial score (nSPS) is 10.8. The van der Waals surface area contributed by atoms with Crippen molar-refractivity contribution in [3.8, 4) is 16.8 Å². The molecular formula is C24H22N2OS. The topological polar surface area (TPSA) is 34.0 Å². The van der Waals surface area contributed by atoms with Gasteiger partial charge in [-0.25, -0.2) is 0 Å². The minimum absolute atomic E-state index is 0.0792. The van der Waals surface area contributed by atoms with E-state index in [2.05, 4.69) is 41.9 Å². The van der Waals surface area contributed by atoms with Crippen LogP contribution in [0.5, 0.6) is 0 Å². The minimum atomic E-state index is -0.0792. The van der Waals surface area contributed by atoms with Gasteiger partial charge in [0.25, 0.3) is 5.91 Å². The molecular weight excluding hydrogens is 364 g/mol. The molecule has 0 aliphatic rings. The molecule has 0 radical (unpaired) electrons. The van der Waals surface area contributed by atoms with Crippen LogP contribution in [0.15, 0.2) is 72.4 Å². The number of para-hydroxylation sites is 1. The number of nitrogens with one attached hydrogen (secondary N) is 1. The van der Waals surface area contributed by atoms with Crippen molar-refractivity contribution in [2.45, 2.75) is 20.8 Å². The molecule has 0 atom stereocenters. The highest BCUT2D eigenvalue weighted by Crippen LogP contribution is 2.36. The van der Waals surface area contributed by atoms with Gasteiger partial charge in [-0.05, 0) is 49.6 Å². The standard InChI is InChI=1S/C24H22N2OS/c1-16-9-11-19(12-10-16)20-15-28-23(22(20)26-13-4-5-14-26)24(27)25-21-17(2)7-6-8-18(21)3/h4-15H,1-3H3,(H,25,27). The van der Waals surface area contributed by atoms with Crippen molar-refractivity contribution in [2.75, 3.05) is 5.32 Å². The molecule has 1 amide bonds. The van der Waals surface area contributed by atoms with Crippen LogP contribution in [0.1, 0.15) is 26.4 Å². The Hall–Kier alpha value is -3.11. The van der Waals surface area contributed by atoms with Crippen LogP contribution in [0.4, 0.5) is 5.69 Å². The van der Waals surface area contributed by atoms with Crippen LogP contribution in [-0.2, 0) is 0 Å². The lowest BCUT2D eigenvalue weighted by Gasteiger charge is -2.13. The lowest BCUT2D eigenvalue weighted by atomic mass is 10.0. The Balaban J connectivity index is 1.79.